The van der Waals surface area contributed by atoms with E-state index in [0.717, 1.165) is 29.7 Å². The summed E-state index contributed by atoms with van der Waals surface area (Å²) in [6, 6.07) is 0. The molecule has 0 amide bonds. The largest absolute Gasteiger partial charge is 0.503 e. The van der Waals surface area contributed by atoms with E-state index in [2.05, 4.69) is 4.74 Å². The second kappa shape index (κ2) is 5.02. The van der Waals surface area contributed by atoms with Crippen molar-refractivity contribution in [2.75, 3.05) is 7.11 Å². The van der Waals surface area contributed by atoms with Gasteiger partial charge in [-0.2, -0.15) is 0 Å². The highest BCUT2D eigenvalue weighted by atomic mass is 127. The Morgan fingerprint density at radius 1 is 1.43 bits per heavy atom. The number of hydrogen-bond donors (Lipinski definition) is 0. The molecule has 0 aromatic heterocycles. The van der Waals surface area contributed by atoms with Crippen molar-refractivity contribution in [1.82, 2.24) is 0 Å². The predicted molar refractivity (Wildman–Crippen MR) is 52.0 cm³/mol. The number of alkyl halides is 1. The van der Waals surface area contributed by atoms with Crippen LogP contribution in [0.15, 0.2) is 0 Å². The number of carbonyl (C=O) groups is 1. The molecule has 0 heterocycles. The molecule has 0 rings (SSSR count). The lowest BCUT2D eigenvalue weighted by Gasteiger charge is -2.09. The molecule has 0 N–H and O–H groups in total. The lowest BCUT2D eigenvalue weighted by molar-refractivity contribution is -0.753. The van der Waals surface area contributed by atoms with Crippen molar-refractivity contribution in [1.29, 1.82) is 0 Å². The van der Waals surface area contributed by atoms with Gasteiger partial charge in [0.2, 0.25) is 0 Å². The topological polar surface area (TPSA) is 113 Å². The molecule has 0 aromatic rings. The first-order valence-corrected chi connectivity index (χ1v) is 4.47. The molecule has 0 fully saturated rings. The molecule has 0 radical (unpaired) electrons. The number of nitro groups is 2. The molecule has 0 spiro atoms. The summed E-state index contributed by atoms with van der Waals surface area (Å²) < 4.78 is 1.86. The number of carbonyl (C=O) groups excluding carboxylic acids is 1. The van der Waals surface area contributed by atoms with Crippen molar-refractivity contribution >= 4 is 28.6 Å². The molecule has 9 heteroatoms. The number of hydrogen-bond acceptors (Lipinski definition) is 6. The van der Waals surface area contributed by atoms with E-state index in [9.17, 15) is 25.0 Å². The van der Waals surface area contributed by atoms with Crippen LogP contribution < -0.4 is 0 Å². The normalized spacial score (nSPS) is 10.7. The first-order chi connectivity index (χ1) is 6.34. The molecule has 0 unspecified atom stereocenters. The molecular formula is C5H7IN2O6. The molecule has 0 saturated heterocycles. The van der Waals surface area contributed by atoms with Gasteiger partial charge >= 0.3 is 9.64 Å². The summed E-state index contributed by atoms with van der Waals surface area (Å²) in [5.41, 5.74) is 0. The summed E-state index contributed by atoms with van der Waals surface area (Å²) in [6.45, 7) is 0. The fourth-order valence-electron chi connectivity index (χ4n) is 0.612. The maximum atomic E-state index is 10.6. The van der Waals surface area contributed by atoms with Gasteiger partial charge in [-0.15, -0.1) is 0 Å². The summed E-state index contributed by atoms with van der Waals surface area (Å²) in [6.07, 6.45) is -0.859. The van der Waals surface area contributed by atoms with Gasteiger partial charge in [0.25, 0.3) is 0 Å². The Morgan fingerprint density at radius 2 is 1.86 bits per heavy atom. The maximum Gasteiger partial charge on any atom is 0.503 e. The van der Waals surface area contributed by atoms with Crippen molar-refractivity contribution in [3.8, 4) is 0 Å². The third kappa shape index (κ3) is 3.05. The quantitative estimate of drug-likeness (QED) is 0.139. The molecule has 80 valence electrons. The van der Waals surface area contributed by atoms with E-state index < -0.39 is 25.9 Å². The maximum absolute atomic E-state index is 10.6. The Hall–Kier alpha value is -1.00. The van der Waals surface area contributed by atoms with Crippen molar-refractivity contribution < 1.29 is 19.4 Å². The summed E-state index contributed by atoms with van der Waals surface area (Å²) in [7, 11) is 1.11. The van der Waals surface area contributed by atoms with E-state index in [-0.39, 0.29) is 6.42 Å². The first kappa shape index (κ1) is 13.0. The molecule has 0 aliphatic carbocycles. The van der Waals surface area contributed by atoms with Crippen LogP contribution >= 0.6 is 22.6 Å². The summed E-state index contributed by atoms with van der Waals surface area (Å²) in [4.78, 5) is 29.3. The number of esters is 1. The van der Waals surface area contributed by atoms with Crippen LogP contribution in [0.25, 0.3) is 0 Å². The minimum atomic E-state index is -2.36. The van der Waals surface area contributed by atoms with Crippen LogP contribution in [-0.2, 0) is 9.53 Å². The van der Waals surface area contributed by atoms with Gasteiger partial charge in [0.1, 0.15) is 38.9 Å². The predicted octanol–water partition coefficient (Wildman–Crippen LogP) is 0.582. The average molecular weight is 318 g/mol. The molecular weight excluding hydrogens is 311 g/mol. The number of rotatable bonds is 5. The zero-order valence-electron chi connectivity index (χ0n) is 7.14. The molecule has 0 aliphatic rings. The molecule has 0 aromatic carbocycles. The number of nitrogens with zero attached hydrogens (tertiary/aromatic N) is 2. The monoisotopic (exact) mass is 318 g/mol. The first-order valence-electron chi connectivity index (χ1n) is 3.39. The third-order valence-corrected chi connectivity index (χ3v) is 2.76. The van der Waals surface area contributed by atoms with Crippen molar-refractivity contribution in [2.24, 2.45) is 0 Å². The smallest absolute Gasteiger partial charge is 0.469 e. The Labute approximate surface area is 92.0 Å². The highest BCUT2D eigenvalue weighted by Gasteiger charge is 2.53. The Balaban J connectivity index is 4.47. The van der Waals surface area contributed by atoms with Crippen LogP contribution in [0.1, 0.15) is 12.8 Å². The Kier molecular flexibility index (Phi) is 4.67. The highest BCUT2D eigenvalue weighted by molar-refractivity contribution is 14.1. The summed E-state index contributed by atoms with van der Waals surface area (Å²) in [5, 5.41) is 20.7. The van der Waals surface area contributed by atoms with E-state index in [4.69, 9.17) is 0 Å². The number of ether oxygens (including phenoxy) is 1. The molecule has 0 atom stereocenters. The summed E-state index contributed by atoms with van der Waals surface area (Å²) >= 11 is 1.10. The van der Waals surface area contributed by atoms with E-state index >= 15 is 0 Å². The highest BCUT2D eigenvalue weighted by Crippen LogP contribution is 2.26. The Morgan fingerprint density at radius 3 is 2.14 bits per heavy atom. The average Bonchev–Trinajstić information content (AvgIpc) is 2.12. The minimum absolute atomic E-state index is 0.360. The van der Waals surface area contributed by atoms with Crippen molar-refractivity contribution in [3.05, 3.63) is 20.2 Å². The minimum Gasteiger partial charge on any atom is -0.469 e. The molecule has 14 heavy (non-hydrogen) atoms. The van der Waals surface area contributed by atoms with Gasteiger partial charge in [0.15, 0.2) is 0 Å². The lowest BCUT2D eigenvalue weighted by Crippen LogP contribution is -2.40. The molecule has 0 saturated carbocycles. The van der Waals surface area contributed by atoms with Gasteiger partial charge in [0.05, 0.1) is 13.5 Å². The van der Waals surface area contributed by atoms with E-state index in [0.29, 0.717) is 0 Å². The Bertz CT molecular complexity index is 253. The van der Waals surface area contributed by atoms with Crippen LogP contribution in [0.2, 0.25) is 0 Å². The van der Waals surface area contributed by atoms with Crippen LogP contribution in [0.5, 0.6) is 0 Å². The molecule has 8 nitrogen and oxygen atoms in total. The van der Waals surface area contributed by atoms with E-state index in [1.54, 1.807) is 0 Å². The molecule has 0 aliphatic heterocycles. The van der Waals surface area contributed by atoms with Gasteiger partial charge in [-0.1, -0.05) is 0 Å². The van der Waals surface area contributed by atoms with Crippen LogP contribution in [0, 0.1) is 20.2 Å². The lowest BCUT2D eigenvalue weighted by atomic mass is 10.2. The standard InChI is InChI=1S/C5H7IN2O6/c1-14-4(9)2-3-5(6,7(10)11)8(12)13/h2-3H2,1H3. The molecule has 0 bridgehead atoms. The van der Waals surface area contributed by atoms with Gasteiger partial charge in [-0.25, -0.2) is 0 Å². The van der Waals surface area contributed by atoms with Gasteiger partial charge in [0, 0.05) is 0 Å². The second-order valence-corrected chi connectivity index (χ2v) is 4.04. The number of halogens is 1. The van der Waals surface area contributed by atoms with Crippen LogP contribution in [0.4, 0.5) is 0 Å². The summed E-state index contributed by atoms with van der Waals surface area (Å²) in [5.74, 6) is -0.713. The van der Waals surface area contributed by atoms with Gasteiger partial charge in [-0.05, 0) is 0 Å². The SMILES string of the molecule is COC(=O)CCC(I)([N+](=O)[O-])[N+](=O)[O-]. The fourth-order valence-corrected chi connectivity index (χ4v) is 0.882. The van der Waals surface area contributed by atoms with Crippen molar-refractivity contribution in [3.63, 3.8) is 0 Å². The fraction of sp³-hybridized carbons (Fsp3) is 0.800. The number of methoxy groups -OCH3 is 1. The van der Waals surface area contributed by atoms with Crippen LogP contribution in [0.3, 0.4) is 0 Å². The zero-order valence-corrected chi connectivity index (χ0v) is 9.29. The van der Waals surface area contributed by atoms with Gasteiger partial charge in [-0.3, -0.25) is 25.0 Å². The van der Waals surface area contributed by atoms with Crippen molar-refractivity contribution in [2.45, 2.75) is 16.5 Å². The van der Waals surface area contributed by atoms with E-state index in [1.807, 2.05) is 0 Å². The van der Waals surface area contributed by atoms with Crippen LogP contribution in [-0.4, -0.2) is 26.6 Å². The zero-order chi connectivity index (χ0) is 11.4. The van der Waals surface area contributed by atoms with E-state index in [1.165, 1.54) is 0 Å². The van der Waals surface area contributed by atoms with Gasteiger partial charge < -0.3 is 4.74 Å². The second-order valence-electron chi connectivity index (χ2n) is 2.31. The third-order valence-electron chi connectivity index (χ3n) is 1.43.